The van der Waals surface area contributed by atoms with E-state index in [0.29, 0.717) is 6.54 Å². The topological polar surface area (TPSA) is 21.3 Å². The van der Waals surface area contributed by atoms with Gasteiger partial charge in [-0.3, -0.25) is 0 Å². The third kappa shape index (κ3) is 4.03. The van der Waals surface area contributed by atoms with Crippen molar-refractivity contribution in [2.45, 2.75) is 6.54 Å². The van der Waals surface area contributed by atoms with Crippen LogP contribution in [0, 0.1) is 12.3 Å². The van der Waals surface area contributed by atoms with Gasteiger partial charge in [0, 0.05) is 26.7 Å². The maximum Gasteiger partial charge on any atom is 0.148 e. The molecule has 2 rings (SSSR count). The molecule has 0 unspecified atom stereocenters. The predicted molar refractivity (Wildman–Crippen MR) is 89.9 cm³/mol. The van der Waals surface area contributed by atoms with Crippen LogP contribution in [0.5, 0.6) is 5.75 Å². The summed E-state index contributed by atoms with van der Waals surface area (Å²) in [4.78, 5) is 0. The highest BCUT2D eigenvalue weighted by atomic mass is 79.9. The van der Waals surface area contributed by atoms with Gasteiger partial charge >= 0.3 is 0 Å². The number of halogens is 2. The molecule has 2 aromatic carbocycles. The normalized spacial score (nSPS) is 9.85. The zero-order valence-electron chi connectivity index (χ0n) is 10.7. The Morgan fingerprint density at radius 1 is 1.15 bits per heavy atom. The summed E-state index contributed by atoms with van der Waals surface area (Å²) >= 11 is 6.99. The largest absolute Gasteiger partial charge is 0.481 e. The van der Waals surface area contributed by atoms with Crippen LogP contribution in [-0.4, -0.2) is 6.61 Å². The Labute approximate surface area is 135 Å². The van der Waals surface area contributed by atoms with Gasteiger partial charge in [-0.15, -0.1) is 6.42 Å². The lowest BCUT2D eigenvalue weighted by Crippen LogP contribution is -2.04. The molecule has 20 heavy (non-hydrogen) atoms. The summed E-state index contributed by atoms with van der Waals surface area (Å²) in [7, 11) is 0. The molecular formula is C16H13Br2NO. The number of hydrogen-bond donors (Lipinski definition) is 1. The zero-order chi connectivity index (χ0) is 14.4. The highest BCUT2D eigenvalue weighted by Gasteiger charge is 2.04. The van der Waals surface area contributed by atoms with Crippen LogP contribution in [0.4, 0.5) is 5.69 Å². The van der Waals surface area contributed by atoms with Gasteiger partial charge in [0.1, 0.15) is 12.4 Å². The number of benzene rings is 2. The lowest BCUT2D eigenvalue weighted by Gasteiger charge is -2.12. The van der Waals surface area contributed by atoms with E-state index in [-0.39, 0.29) is 6.61 Å². The van der Waals surface area contributed by atoms with E-state index in [1.807, 2.05) is 42.5 Å². The lowest BCUT2D eigenvalue weighted by molar-refractivity contribution is 0.366. The molecule has 0 spiro atoms. The maximum atomic E-state index is 5.53. The van der Waals surface area contributed by atoms with E-state index < -0.39 is 0 Å². The van der Waals surface area contributed by atoms with E-state index in [1.165, 1.54) is 0 Å². The minimum Gasteiger partial charge on any atom is -0.481 e. The van der Waals surface area contributed by atoms with Gasteiger partial charge in [0.2, 0.25) is 0 Å². The van der Waals surface area contributed by atoms with Crippen molar-refractivity contribution in [1.82, 2.24) is 0 Å². The molecule has 102 valence electrons. The fraction of sp³-hybridized carbons (Fsp3) is 0.125. The smallest absolute Gasteiger partial charge is 0.148 e. The third-order valence-electron chi connectivity index (χ3n) is 2.68. The molecule has 0 aliphatic carbocycles. The van der Waals surface area contributed by atoms with E-state index in [2.05, 4.69) is 43.1 Å². The van der Waals surface area contributed by atoms with E-state index in [4.69, 9.17) is 11.2 Å². The Kier molecular flexibility index (Phi) is 5.51. The molecule has 0 atom stereocenters. The molecule has 0 aliphatic rings. The molecule has 0 heterocycles. The highest BCUT2D eigenvalue weighted by Crippen LogP contribution is 2.27. The second-order valence-corrected chi connectivity index (χ2v) is 5.85. The van der Waals surface area contributed by atoms with Crippen molar-refractivity contribution >= 4 is 37.5 Å². The molecule has 1 N–H and O–H groups in total. The number of terminal acetylenes is 1. The molecule has 0 aliphatic heterocycles. The summed E-state index contributed by atoms with van der Waals surface area (Å²) in [6.07, 6.45) is 5.23. The molecular weight excluding hydrogens is 382 g/mol. The Bertz CT molecular complexity index is 635. The van der Waals surface area contributed by atoms with Crippen LogP contribution >= 0.6 is 31.9 Å². The van der Waals surface area contributed by atoms with Crippen molar-refractivity contribution in [3.05, 3.63) is 57.0 Å². The average Bonchev–Trinajstić information content (AvgIpc) is 2.47. The van der Waals surface area contributed by atoms with E-state index in [9.17, 15) is 0 Å². The van der Waals surface area contributed by atoms with Gasteiger partial charge in [0.15, 0.2) is 0 Å². The average molecular weight is 395 g/mol. The first kappa shape index (κ1) is 15.0. The van der Waals surface area contributed by atoms with Crippen LogP contribution in [-0.2, 0) is 6.54 Å². The van der Waals surface area contributed by atoms with Crippen LogP contribution in [0.15, 0.2) is 51.4 Å². The van der Waals surface area contributed by atoms with Gasteiger partial charge in [0.05, 0.1) is 0 Å². The molecule has 2 aromatic rings. The molecule has 0 aromatic heterocycles. The van der Waals surface area contributed by atoms with Crippen LogP contribution in [0.1, 0.15) is 5.56 Å². The molecule has 4 heteroatoms. The summed E-state index contributed by atoms with van der Waals surface area (Å²) in [6.45, 7) is 0.938. The Morgan fingerprint density at radius 2 is 1.95 bits per heavy atom. The van der Waals surface area contributed by atoms with E-state index in [1.54, 1.807) is 0 Å². The standard InChI is InChI=1S/C16H13Br2NO/c1-2-9-20-16-6-4-3-5-12(16)11-19-15-10-13(17)7-8-14(15)18/h1,3-8,10,19H,9,11H2. The van der Waals surface area contributed by atoms with Crippen LogP contribution in [0.3, 0.4) is 0 Å². The summed E-state index contributed by atoms with van der Waals surface area (Å²) in [6, 6.07) is 13.9. The fourth-order valence-corrected chi connectivity index (χ4v) is 2.48. The van der Waals surface area contributed by atoms with Crippen molar-refractivity contribution in [2.24, 2.45) is 0 Å². The quantitative estimate of drug-likeness (QED) is 0.733. The number of ether oxygens (including phenoxy) is 1. The van der Waals surface area contributed by atoms with Crippen molar-refractivity contribution < 1.29 is 4.74 Å². The highest BCUT2D eigenvalue weighted by molar-refractivity contribution is 9.11. The van der Waals surface area contributed by atoms with Gasteiger partial charge in [-0.25, -0.2) is 0 Å². The molecule has 0 bridgehead atoms. The first-order valence-corrected chi connectivity index (χ1v) is 7.62. The summed E-state index contributed by atoms with van der Waals surface area (Å²) in [5.74, 6) is 3.29. The first-order valence-electron chi connectivity index (χ1n) is 6.04. The SMILES string of the molecule is C#CCOc1ccccc1CNc1cc(Br)ccc1Br. The second kappa shape index (κ2) is 7.37. The molecule has 0 saturated heterocycles. The van der Waals surface area contributed by atoms with Crippen molar-refractivity contribution in [3.63, 3.8) is 0 Å². The first-order chi connectivity index (χ1) is 9.70. The molecule has 0 amide bonds. The van der Waals surface area contributed by atoms with Gasteiger partial charge < -0.3 is 10.1 Å². The Hall–Kier alpha value is -1.44. The maximum absolute atomic E-state index is 5.53. The number of hydrogen-bond acceptors (Lipinski definition) is 2. The second-order valence-electron chi connectivity index (χ2n) is 4.08. The monoisotopic (exact) mass is 393 g/mol. The number of anilines is 1. The Balaban J connectivity index is 2.11. The number of nitrogens with one attached hydrogen (secondary N) is 1. The third-order valence-corrected chi connectivity index (χ3v) is 3.87. The summed E-state index contributed by atoms with van der Waals surface area (Å²) in [5, 5.41) is 3.38. The van der Waals surface area contributed by atoms with Crippen molar-refractivity contribution in [3.8, 4) is 18.1 Å². The fourth-order valence-electron chi connectivity index (χ4n) is 1.73. The number of rotatable bonds is 5. The lowest BCUT2D eigenvalue weighted by atomic mass is 10.2. The molecule has 0 radical (unpaired) electrons. The predicted octanol–water partition coefficient (Wildman–Crippen LogP) is 4.84. The van der Waals surface area contributed by atoms with Crippen molar-refractivity contribution in [1.29, 1.82) is 0 Å². The minimum absolute atomic E-state index is 0.275. The summed E-state index contributed by atoms with van der Waals surface area (Å²) in [5.41, 5.74) is 2.08. The van der Waals surface area contributed by atoms with Gasteiger partial charge in [-0.2, -0.15) is 0 Å². The summed E-state index contributed by atoms with van der Waals surface area (Å²) < 4.78 is 7.58. The van der Waals surface area contributed by atoms with E-state index >= 15 is 0 Å². The Morgan fingerprint density at radius 3 is 2.75 bits per heavy atom. The van der Waals surface area contributed by atoms with Crippen LogP contribution in [0.2, 0.25) is 0 Å². The molecule has 0 saturated carbocycles. The van der Waals surface area contributed by atoms with Gasteiger partial charge in [0.25, 0.3) is 0 Å². The zero-order valence-corrected chi connectivity index (χ0v) is 13.9. The van der Waals surface area contributed by atoms with Gasteiger partial charge in [-0.1, -0.05) is 40.0 Å². The molecule has 2 nitrogen and oxygen atoms in total. The van der Waals surface area contributed by atoms with Crippen molar-refractivity contribution in [2.75, 3.05) is 11.9 Å². The number of para-hydroxylation sites is 1. The minimum atomic E-state index is 0.275. The van der Waals surface area contributed by atoms with E-state index in [0.717, 1.165) is 25.9 Å². The van der Waals surface area contributed by atoms with Gasteiger partial charge in [-0.05, 0) is 40.2 Å². The van der Waals surface area contributed by atoms with Crippen LogP contribution in [0.25, 0.3) is 0 Å². The van der Waals surface area contributed by atoms with Crippen LogP contribution < -0.4 is 10.1 Å². The molecule has 0 fully saturated rings.